The highest BCUT2D eigenvalue weighted by molar-refractivity contribution is 7.16. The highest BCUT2D eigenvalue weighted by Crippen LogP contribution is 2.40. The van der Waals surface area contributed by atoms with Crippen LogP contribution in [0.1, 0.15) is 62.3 Å². The summed E-state index contributed by atoms with van der Waals surface area (Å²) in [5.74, 6) is 2.25. The normalized spacial score (nSPS) is 11.8. The molecule has 0 spiro atoms. The van der Waals surface area contributed by atoms with E-state index >= 15 is 0 Å². The van der Waals surface area contributed by atoms with Gasteiger partial charge in [0.2, 0.25) is 0 Å². The maximum Gasteiger partial charge on any atom is 0.184 e. The van der Waals surface area contributed by atoms with E-state index in [4.69, 9.17) is 44.3 Å². The predicted octanol–water partition coefficient (Wildman–Crippen LogP) is 10.9. The van der Waals surface area contributed by atoms with Gasteiger partial charge in [-0.1, -0.05) is 69.4 Å². The van der Waals surface area contributed by atoms with Crippen molar-refractivity contribution in [2.75, 3.05) is 14.2 Å². The van der Waals surface area contributed by atoms with E-state index in [0.717, 1.165) is 58.0 Å². The molecule has 0 amide bonds. The van der Waals surface area contributed by atoms with Crippen molar-refractivity contribution in [2.45, 2.75) is 59.8 Å². The summed E-state index contributed by atoms with van der Waals surface area (Å²) >= 11 is 22.1. The van der Waals surface area contributed by atoms with Crippen LogP contribution in [0.15, 0.2) is 36.4 Å². The molecule has 9 heteroatoms. The summed E-state index contributed by atoms with van der Waals surface area (Å²) < 4.78 is 12.1. The number of hydrogen-bond acceptors (Lipinski definition) is 6. The largest absolute Gasteiger partial charge is 0.496 e. The van der Waals surface area contributed by atoms with E-state index in [1.807, 2.05) is 38.1 Å². The highest BCUT2D eigenvalue weighted by Gasteiger charge is 2.20. The van der Waals surface area contributed by atoms with Crippen molar-refractivity contribution in [3.8, 4) is 34.0 Å². The summed E-state index contributed by atoms with van der Waals surface area (Å²) in [6, 6.07) is 12.0. The molecule has 0 N–H and O–H groups in total. The Balaban J connectivity index is 0.00000205. The predicted molar refractivity (Wildman–Crippen MR) is 170 cm³/mol. The molecule has 4 aromatic rings. The summed E-state index contributed by atoms with van der Waals surface area (Å²) in [4.78, 5) is 11.6. The van der Waals surface area contributed by atoms with Crippen LogP contribution in [0.2, 0.25) is 14.0 Å². The molecule has 4 rings (SSSR count). The third-order valence-corrected chi connectivity index (χ3v) is 8.90. The topological polar surface area (TPSA) is 44.2 Å². The Hall–Kier alpha value is -1.83. The van der Waals surface area contributed by atoms with E-state index in [0.29, 0.717) is 25.6 Å². The number of nitrogens with zero attached hydrogens (tertiary/aromatic N) is 2. The van der Waals surface area contributed by atoms with Crippen molar-refractivity contribution < 1.29 is 9.47 Å². The number of thiazole rings is 2. The van der Waals surface area contributed by atoms with Crippen LogP contribution in [0.4, 0.5) is 0 Å². The van der Waals surface area contributed by atoms with Gasteiger partial charge in [-0.25, -0.2) is 9.97 Å². The smallest absolute Gasteiger partial charge is 0.184 e. The molecule has 4 nitrogen and oxygen atoms in total. The molecular formula is C30H35Cl3N2O2S2. The van der Waals surface area contributed by atoms with Gasteiger partial charge in [0, 0.05) is 20.9 Å². The van der Waals surface area contributed by atoms with Crippen LogP contribution in [-0.2, 0) is 12.8 Å². The highest BCUT2D eigenvalue weighted by atomic mass is 35.5. The van der Waals surface area contributed by atoms with Gasteiger partial charge < -0.3 is 9.47 Å². The van der Waals surface area contributed by atoms with Crippen LogP contribution in [0.5, 0.6) is 11.5 Å². The third-order valence-electron chi connectivity index (χ3n) is 6.20. The number of benzene rings is 2. The van der Waals surface area contributed by atoms with Crippen molar-refractivity contribution in [2.24, 2.45) is 5.92 Å². The van der Waals surface area contributed by atoms with Gasteiger partial charge in [-0.15, -0.1) is 22.7 Å². The summed E-state index contributed by atoms with van der Waals surface area (Å²) in [7, 11) is 3.31. The van der Waals surface area contributed by atoms with Crippen molar-refractivity contribution in [1.29, 1.82) is 0 Å². The number of methoxy groups -OCH3 is 2. The first-order chi connectivity index (χ1) is 18.7. The zero-order chi connectivity index (χ0) is 28.7. The lowest BCUT2D eigenvalue weighted by atomic mass is 9.92. The summed E-state index contributed by atoms with van der Waals surface area (Å²) in [5.41, 5.74) is 4.96. The second kappa shape index (κ2) is 14.7. The van der Waals surface area contributed by atoms with Gasteiger partial charge >= 0.3 is 0 Å². The first-order valence-electron chi connectivity index (χ1n) is 13.0. The Morgan fingerprint density at radius 3 is 1.87 bits per heavy atom. The Bertz CT molecular complexity index is 1380. The van der Waals surface area contributed by atoms with Gasteiger partial charge in [0.05, 0.1) is 30.6 Å². The molecule has 0 saturated heterocycles. The Labute approximate surface area is 255 Å². The van der Waals surface area contributed by atoms with E-state index < -0.39 is 0 Å². The third kappa shape index (κ3) is 7.89. The molecule has 1 unspecified atom stereocenters. The SMILES string of the molecule is CC.COc1ccc(-c2nc(Cl)sc2CCC(C)c2cc(-c3nc(Cl)sc3CC(C)C)ccc2OC)cc1Cl. The lowest BCUT2D eigenvalue weighted by Crippen LogP contribution is -2.01. The van der Waals surface area contributed by atoms with E-state index in [9.17, 15) is 0 Å². The number of ether oxygens (including phenoxy) is 2. The van der Waals surface area contributed by atoms with Gasteiger partial charge in [0.1, 0.15) is 11.5 Å². The minimum absolute atomic E-state index is 0.228. The average molecular weight is 626 g/mol. The molecule has 0 bridgehead atoms. The van der Waals surface area contributed by atoms with Crippen LogP contribution in [0.25, 0.3) is 22.5 Å². The zero-order valence-corrected chi connectivity index (χ0v) is 27.3. The number of rotatable bonds is 10. The molecule has 0 saturated carbocycles. The van der Waals surface area contributed by atoms with Crippen molar-refractivity contribution in [3.63, 3.8) is 0 Å². The monoisotopic (exact) mass is 624 g/mol. The fraction of sp³-hybridized carbons (Fsp3) is 0.400. The van der Waals surface area contributed by atoms with Crippen LogP contribution >= 0.6 is 57.5 Å². The molecule has 210 valence electrons. The Morgan fingerprint density at radius 2 is 1.31 bits per heavy atom. The molecule has 0 aliphatic heterocycles. The summed E-state index contributed by atoms with van der Waals surface area (Å²) in [5, 5.41) is 0.545. The lowest BCUT2D eigenvalue weighted by Gasteiger charge is -2.17. The van der Waals surface area contributed by atoms with Gasteiger partial charge in [0.25, 0.3) is 0 Å². The first kappa shape index (κ1) is 31.7. The number of halogens is 3. The van der Waals surface area contributed by atoms with Crippen molar-refractivity contribution in [3.05, 3.63) is 65.7 Å². The van der Waals surface area contributed by atoms with Crippen LogP contribution in [0.3, 0.4) is 0 Å². The molecule has 0 aliphatic carbocycles. The average Bonchev–Trinajstić information content (AvgIpc) is 3.48. The van der Waals surface area contributed by atoms with E-state index in [1.165, 1.54) is 16.2 Å². The van der Waals surface area contributed by atoms with Crippen molar-refractivity contribution >= 4 is 57.5 Å². The number of hydrogen-bond donors (Lipinski definition) is 0. The van der Waals surface area contributed by atoms with Crippen LogP contribution in [0, 0.1) is 5.92 Å². The molecule has 0 aliphatic rings. The second-order valence-electron chi connectivity index (χ2n) is 9.32. The Morgan fingerprint density at radius 1 is 0.769 bits per heavy atom. The standard InChI is InChI=1S/C28H29Cl3N2O2S2.C2H6/c1-15(2)12-24-26(33-28(31)37-24)17-7-9-21(34-4)19(13-17)16(3)6-11-23-25(32-27(30)36-23)18-8-10-22(35-5)20(29)14-18;1-2/h7-10,13-16H,6,11-12H2,1-5H3;1-2H3. The Kier molecular flexibility index (Phi) is 11.9. The molecule has 39 heavy (non-hydrogen) atoms. The molecule has 2 aromatic heterocycles. The maximum absolute atomic E-state index is 6.38. The van der Waals surface area contributed by atoms with E-state index in [2.05, 4.69) is 42.9 Å². The molecule has 2 aromatic carbocycles. The van der Waals surface area contributed by atoms with Crippen LogP contribution in [-0.4, -0.2) is 24.2 Å². The quantitative estimate of drug-likeness (QED) is 0.176. The minimum Gasteiger partial charge on any atom is -0.496 e. The fourth-order valence-electron chi connectivity index (χ4n) is 4.36. The lowest BCUT2D eigenvalue weighted by molar-refractivity contribution is 0.405. The molecule has 1 atom stereocenters. The molecular weight excluding hydrogens is 591 g/mol. The van der Waals surface area contributed by atoms with E-state index in [-0.39, 0.29) is 5.92 Å². The van der Waals surface area contributed by atoms with E-state index in [1.54, 1.807) is 25.6 Å². The number of aromatic nitrogens is 2. The fourth-order valence-corrected chi connectivity index (χ4v) is 7.18. The van der Waals surface area contributed by atoms with Gasteiger partial charge in [-0.3, -0.25) is 0 Å². The second-order valence-corrected chi connectivity index (χ2v) is 13.1. The van der Waals surface area contributed by atoms with Gasteiger partial charge in [0.15, 0.2) is 8.93 Å². The molecule has 0 fully saturated rings. The number of aryl methyl sites for hydroxylation is 1. The maximum atomic E-state index is 6.38. The minimum atomic E-state index is 0.228. The molecule has 0 radical (unpaired) electrons. The van der Waals surface area contributed by atoms with Crippen molar-refractivity contribution in [1.82, 2.24) is 9.97 Å². The first-order valence-corrected chi connectivity index (χ1v) is 15.8. The summed E-state index contributed by atoms with van der Waals surface area (Å²) in [6.07, 6.45) is 2.66. The summed E-state index contributed by atoms with van der Waals surface area (Å²) in [6.45, 7) is 10.6. The zero-order valence-electron chi connectivity index (χ0n) is 23.4. The van der Waals surface area contributed by atoms with Crippen LogP contribution < -0.4 is 9.47 Å². The van der Waals surface area contributed by atoms with Gasteiger partial charge in [-0.2, -0.15) is 0 Å². The van der Waals surface area contributed by atoms with Gasteiger partial charge in [-0.05, 0) is 73.1 Å². The molecule has 2 heterocycles.